The number of nitrogens with zero attached hydrogens (tertiary/aromatic N) is 1. The molecule has 4 nitrogen and oxygen atoms in total. The summed E-state index contributed by atoms with van der Waals surface area (Å²) in [6.07, 6.45) is 0.908. The fourth-order valence-corrected chi connectivity index (χ4v) is 2.16. The molecule has 0 saturated carbocycles. The molecule has 0 unspecified atom stereocenters. The van der Waals surface area contributed by atoms with E-state index in [1.165, 1.54) is 0 Å². The van der Waals surface area contributed by atoms with Gasteiger partial charge in [-0.05, 0) is 31.5 Å². The Hall–Kier alpha value is -1.81. The molecule has 0 aliphatic rings. The van der Waals surface area contributed by atoms with Crippen molar-refractivity contribution in [3.05, 3.63) is 35.6 Å². The summed E-state index contributed by atoms with van der Waals surface area (Å²) >= 11 is 0. The predicted molar refractivity (Wildman–Crippen MR) is 76.2 cm³/mol. The quantitative estimate of drug-likeness (QED) is 0.898. The number of hydrogen-bond donors (Lipinski definition) is 1. The van der Waals surface area contributed by atoms with E-state index in [9.17, 15) is 4.79 Å². The normalized spacial score (nSPS) is 10.9. The number of carbonyl (C=O) groups is 1. The third-order valence-electron chi connectivity index (χ3n) is 3.06. The first-order valence-corrected chi connectivity index (χ1v) is 6.65. The highest BCUT2D eigenvalue weighted by atomic mass is 16.3. The van der Waals surface area contributed by atoms with E-state index in [0.29, 0.717) is 25.4 Å². The molecule has 1 amide bonds. The van der Waals surface area contributed by atoms with Gasteiger partial charge >= 0.3 is 0 Å². The van der Waals surface area contributed by atoms with Crippen LogP contribution in [0.3, 0.4) is 0 Å². The van der Waals surface area contributed by atoms with Gasteiger partial charge in [0.15, 0.2) is 5.76 Å². The average molecular weight is 260 g/mol. The molecule has 0 aliphatic heterocycles. The van der Waals surface area contributed by atoms with Gasteiger partial charge in [-0.2, -0.15) is 0 Å². The van der Waals surface area contributed by atoms with Crippen molar-refractivity contribution in [3.8, 4) is 0 Å². The summed E-state index contributed by atoms with van der Waals surface area (Å²) in [5.41, 5.74) is 7.45. The number of aryl methyl sites for hydroxylation is 1. The summed E-state index contributed by atoms with van der Waals surface area (Å²) in [4.78, 5) is 14.1. The maximum atomic E-state index is 12.4. The molecule has 1 heterocycles. The van der Waals surface area contributed by atoms with Crippen molar-refractivity contribution in [3.63, 3.8) is 0 Å². The topological polar surface area (TPSA) is 59.5 Å². The maximum Gasteiger partial charge on any atom is 0.289 e. The maximum absolute atomic E-state index is 12.4. The minimum atomic E-state index is -0.0823. The predicted octanol–water partition coefficient (Wildman–Crippen LogP) is 2.55. The standard InChI is InChI=1S/C15H20N2O2/c1-3-7-17(8-6-16)15(18)14-10-12-9-11(2)4-5-13(12)19-14/h4-5,9-10H,3,6-8,16H2,1-2H3. The van der Waals surface area contributed by atoms with Crippen molar-refractivity contribution >= 4 is 16.9 Å². The summed E-state index contributed by atoms with van der Waals surface area (Å²) in [7, 11) is 0. The van der Waals surface area contributed by atoms with Crippen molar-refractivity contribution in [1.82, 2.24) is 4.90 Å². The summed E-state index contributed by atoms with van der Waals surface area (Å²) in [6, 6.07) is 7.70. The second-order valence-electron chi connectivity index (χ2n) is 4.73. The van der Waals surface area contributed by atoms with E-state index < -0.39 is 0 Å². The van der Waals surface area contributed by atoms with Crippen molar-refractivity contribution in [2.45, 2.75) is 20.3 Å². The monoisotopic (exact) mass is 260 g/mol. The molecule has 0 saturated heterocycles. The first-order valence-electron chi connectivity index (χ1n) is 6.65. The number of furan rings is 1. The Labute approximate surface area is 113 Å². The van der Waals surface area contributed by atoms with Gasteiger partial charge in [-0.1, -0.05) is 18.6 Å². The molecule has 1 aromatic carbocycles. The molecule has 1 aromatic heterocycles. The Kier molecular flexibility index (Phi) is 4.22. The van der Waals surface area contributed by atoms with Crippen LogP contribution < -0.4 is 5.73 Å². The third-order valence-corrected chi connectivity index (χ3v) is 3.06. The lowest BCUT2D eigenvalue weighted by molar-refractivity contribution is 0.0731. The molecule has 0 bridgehead atoms. The molecule has 2 rings (SSSR count). The Bertz CT molecular complexity index is 569. The minimum Gasteiger partial charge on any atom is -0.451 e. The summed E-state index contributed by atoms with van der Waals surface area (Å²) in [5, 5.41) is 0.965. The number of nitrogens with two attached hydrogens (primary N) is 1. The van der Waals surface area contributed by atoms with Crippen molar-refractivity contribution in [2.24, 2.45) is 5.73 Å². The van der Waals surface area contributed by atoms with Crippen LogP contribution in [0.1, 0.15) is 29.5 Å². The molecule has 2 N–H and O–H groups in total. The summed E-state index contributed by atoms with van der Waals surface area (Å²) in [5.74, 6) is 0.309. The highest BCUT2D eigenvalue weighted by molar-refractivity contribution is 5.96. The fourth-order valence-electron chi connectivity index (χ4n) is 2.16. The number of carbonyl (C=O) groups excluding carboxylic acids is 1. The Morgan fingerprint density at radius 3 is 2.79 bits per heavy atom. The van der Waals surface area contributed by atoms with Gasteiger partial charge in [0.1, 0.15) is 5.58 Å². The molecule has 0 spiro atoms. The summed E-state index contributed by atoms with van der Waals surface area (Å²) < 4.78 is 5.63. The van der Waals surface area contributed by atoms with Gasteiger partial charge in [0.05, 0.1) is 0 Å². The molecular formula is C15H20N2O2. The molecule has 2 aromatic rings. The SMILES string of the molecule is CCCN(CCN)C(=O)c1cc2cc(C)ccc2o1. The Morgan fingerprint density at radius 1 is 1.32 bits per heavy atom. The van der Waals surface area contributed by atoms with E-state index in [1.54, 1.807) is 4.90 Å². The van der Waals surface area contributed by atoms with Gasteiger partial charge < -0.3 is 15.1 Å². The Morgan fingerprint density at radius 2 is 2.11 bits per heavy atom. The van der Waals surface area contributed by atoms with E-state index in [0.717, 1.165) is 23.0 Å². The van der Waals surface area contributed by atoms with E-state index >= 15 is 0 Å². The van der Waals surface area contributed by atoms with Gasteiger partial charge in [0, 0.05) is 25.0 Å². The van der Waals surface area contributed by atoms with Gasteiger partial charge in [-0.15, -0.1) is 0 Å². The van der Waals surface area contributed by atoms with Crippen LogP contribution in [0.15, 0.2) is 28.7 Å². The van der Waals surface area contributed by atoms with E-state index in [-0.39, 0.29) is 5.91 Å². The zero-order chi connectivity index (χ0) is 13.8. The van der Waals surface area contributed by atoms with Crippen LogP contribution in [0, 0.1) is 6.92 Å². The van der Waals surface area contributed by atoms with Crippen molar-refractivity contribution < 1.29 is 9.21 Å². The fraction of sp³-hybridized carbons (Fsp3) is 0.400. The number of rotatable bonds is 5. The largest absolute Gasteiger partial charge is 0.451 e. The van der Waals surface area contributed by atoms with E-state index in [1.807, 2.05) is 38.1 Å². The lowest BCUT2D eigenvalue weighted by Crippen LogP contribution is -2.35. The first kappa shape index (κ1) is 13.6. The van der Waals surface area contributed by atoms with Gasteiger partial charge in [-0.3, -0.25) is 4.79 Å². The second kappa shape index (κ2) is 5.89. The van der Waals surface area contributed by atoms with Crippen LogP contribution in [0.2, 0.25) is 0 Å². The van der Waals surface area contributed by atoms with Crippen LogP contribution in [-0.4, -0.2) is 30.4 Å². The molecule has 0 fully saturated rings. The van der Waals surface area contributed by atoms with Gasteiger partial charge in [0.25, 0.3) is 5.91 Å². The Balaban J connectivity index is 2.29. The molecule has 0 aliphatic carbocycles. The molecule has 0 atom stereocenters. The van der Waals surface area contributed by atoms with Crippen molar-refractivity contribution in [2.75, 3.05) is 19.6 Å². The van der Waals surface area contributed by atoms with Crippen LogP contribution in [0.4, 0.5) is 0 Å². The molecule has 102 valence electrons. The highest BCUT2D eigenvalue weighted by Gasteiger charge is 2.18. The molecule has 19 heavy (non-hydrogen) atoms. The third kappa shape index (κ3) is 2.96. The van der Waals surface area contributed by atoms with Gasteiger partial charge in [-0.25, -0.2) is 0 Å². The zero-order valence-corrected chi connectivity index (χ0v) is 11.5. The smallest absolute Gasteiger partial charge is 0.289 e. The summed E-state index contributed by atoms with van der Waals surface area (Å²) in [6.45, 7) is 5.78. The molecular weight excluding hydrogens is 240 g/mol. The van der Waals surface area contributed by atoms with Crippen LogP contribution in [0.25, 0.3) is 11.0 Å². The second-order valence-corrected chi connectivity index (χ2v) is 4.73. The van der Waals surface area contributed by atoms with E-state index in [4.69, 9.17) is 10.2 Å². The van der Waals surface area contributed by atoms with Crippen molar-refractivity contribution in [1.29, 1.82) is 0 Å². The van der Waals surface area contributed by atoms with Crippen LogP contribution >= 0.6 is 0 Å². The number of benzene rings is 1. The number of amides is 1. The highest BCUT2D eigenvalue weighted by Crippen LogP contribution is 2.21. The number of fused-ring (bicyclic) bond motifs is 1. The zero-order valence-electron chi connectivity index (χ0n) is 11.5. The van der Waals surface area contributed by atoms with Crippen LogP contribution in [-0.2, 0) is 0 Å². The lowest BCUT2D eigenvalue weighted by Gasteiger charge is -2.19. The number of hydrogen-bond acceptors (Lipinski definition) is 3. The average Bonchev–Trinajstić information content (AvgIpc) is 2.80. The van der Waals surface area contributed by atoms with Gasteiger partial charge in [0.2, 0.25) is 0 Å². The first-order chi connectivity index (χ1) is 9.15. The minimum absolute atomic E-state index is 0.0823. The lowest BCUT2D eigenvalue weighted by atomic mass is 10.2. The molecule has 0 radical (unpaired) electrons. The van der Waals surface area contributed by atoms with Crippen LogP contribution in [0.5, 0.6) is 0 Å². The molecule has 4 heteroatoms. The van der Waals surface area contributed by atoms with E-state index in [2.05, 4.69) is 0 Å².